The van der Waals surface area contributed by atoms with Crippen LogP contribution in [0.1, 0.15) is 78.3 Å². The summed E-state index contributed by atoms with van der Waals surface area (Å²) in [6.45, 7) is 7.03. The zero-order chi connectivity index (χ0) is 33.9. The van der Waals surface area contributed by atoms with Gasteiger partial charge < -0.3 is 15.0 Å². The summed E-state index contributed by atoms with van der Waals surface area (Å²) in [5.74, 6) is -1.31. The Bertz CT molecular complexity index is 1600. The van der Waals surface area contributed by atoms with Gasteiger partial charge >= 0.3 is 6.09 Å². The summed E-state index contributed by atoms with van der Waals surface area (Å²) < 4.78 is 34.5. The Morgan fingerprint density at radius 1 is 0.809 bits per heavy atom. The van der Waals surface area contributed by atoms with Gasteiger partial charge in [0.15, 0.2) is 0 Å². The molecule has 0 atom stereocenters. The van der Waals surface area contributed by atoms with Crippen LogP contribution in [0.3, 0.4) is 0 Å². The maximum absolute atomic E-state index is 14.9. The van der Waals surface area contributed by atoms with Crippen molar-refractivity contribution in [1.82, 2.24) is 20.0 Å². The minimum absolute atomic E-state index is 0.00570. The molecule has 3 amide bonds. The molecule has 4 aliphatic heterocycles. The zero-order valence-electron chi connectivity index (χ0n) is 26.9. The van der Waals surface area contributed by atoms with Crippen LogP contribution in [-0.4, -0.2) is 89.1 Å². The van der Waals surface area contributed by atoms with Gasteiger partial charge in [0.25, 0.3) is 11.8 Å². The number of carbonyl (C=O) groups is 3. The maximum atomic E-state index is 14.9. The van der Waals surface area contributed by atoms with E-state index in [2.05, 4.69) is 5.32 Å². The standard InChI is InChI=1S/C20H24FN3O3.C15H16FN3O/c1-20(2,3)27-19(26)23-10-6-7-13(11-23)16(21)12-24-17(22)14-8-4-5-9-15(14)18(24)25;16-13(10-4-3-7-18-8-10)9-19-14(17)11-5-1-2-6-12(11)15(19)20/h4-5,8-9,22H,6-7,10-12H2,1-3H3;1-2,5-6,17-18H,3-4,7-9H2/b16-13+,22-17?;13-10+,17-14?. The van der Waals surface area contributed by atoms with E-state index < -0.39 is 17.5 Å². The molecule has 2 fully saturated rings. The van der Waals surface area contributed by atoms with Gasteiger partial charge in [-0.25, -0.2) is 13.6 Å². The number of nitrogens with one attached hydrogen (secondary N) is 3. The lowest BCUT2D eigenvalue weighted by atomic mass is 10.0. The van der Waals surface area contributed by atoms with E-state index in [1.54, 1.807) is 69.3 Å². The zero-order valence-corrected chi connectivity index (χ0v) is 26.9. The van der Waals surface area contributed by atoms with E-state index in [1.807, 2.05) is 0 Å². The minimum atomic E-state index is -0.611. The number of amides is 3. The molecule has 248 valence electrons. The quantitative estimate of drug-likeness (QED) is 0.387. The highest BCUT2D eigenvalue weighted by Gasteiger charge is 2.35. The Kier molecular flexibility index (Phi) is 9.99. The second kappa shape index (κ2) is 14.0. The van der Waals surface area contributed by atoms with Crippen molar-refractivity contribution in [3.05, 3.63) is 93.6 Å². The second-order valence-corrected chi connectivity index (χ2v) is 12.9. The molecule has 10 nitrogen and oxygen atoms in total. The largest absolute Gasteiger partial charge is 0.444 e. The highest BCUT2D eigenvalue weighted by molar-refractivity contribution is 6.23. The molecule has 47 heavy (non-hydrogen) atoms. The SMILES string of the molecule is CC(C)(C)OC(=O)N1CCC/C(=C(\F)CN2C(=N)c3ccccc3C2=O)C1.N=C1c2ccccc2C(=O)N1C/C(F)=C1/CCCNC1. The Labute approximate surface area is 273 Å². The van der Waals surface area contributed by atoms with Crippen molar-refractivity contribution < 1.29 is 27.9 Å². The molecule has 2 aromatic rings. The van der Waals surface area contributed by atoms with Crippen molar-refractivity contribution in [2.24, 2.45) is 0 Å². The average molecular weight is 647 g/mol. The van der Waals surface area contributed by atoms with Crippen LogP contribution in [0, 0.1) is 10.8 Å². The first-order valence-corrected chi connectivity index (χ1v) is 15.8. The van der Waals surface area contributed by atoms with Crippen LogP contribution >= 0.6 is 0 Å². The lowest BCUT2D eigenvalue weighted by Crippen LogP contribution is -2.41. The topological polar surface area (TPSA) is 130 Å². The number of carbonyl (C=O) groups excluding carboxylic acids is 3. The third kappa shape index (κ3) is 7.48. The summed E-state index contributed by atoms with van der Waals surface area (Å²) in [4.78, 5) is 40.7. The molecule has 6 rings (SSSR count). The van der Waals surface area contributed by atoms with Gasteiger partial charge in [0.05, 0.1) is 24.2 Å². The Morgan fingerprint density at radius 3 is 1.77 bits per heavy atom. The van der Waals surface area contributed by atoms with Crippen LogP contribution in [0.5, 0.6) is 0 Å². The summed E-state index contributed by atoms with van der Waals surface area (Å²) in [6.07, 6.45) is 2.32. The van der Waals surface area contributed by atoms with Crippen LogP contribution in [0.25, 0.3) is 0 Å². The number of benzene rings is 2. The molecule has 12 heteroatoms. The first-order chi connectivity index (χ1) is 22.4. The smallest absolute Gasteiger partial charge is 0.410 e. The van der Waals surface area contributed by atoms with Gasteiger partial charge in [0, 0.05) is 30.8 Å². The lowest BCUT2D eigenvalue weighted by molar-refractivity contribution is 0.0244. The molecule has 3 N–H and O–H groups in total. The van der Waals surface area contributed by atoms with E-state index in [9.17, 15) is 23.2 Å². The molecule has 0 aliphatic carbocycles. The Balaban J connectivity index is 0.000000193. The van der Waals surface area contributed by atoms with E-state index in [1.165, 1.54) is 9.80 Å². The van der Waals surface area contributed by atoms with E-state index in [0.717, 1.165) is 24.3 Å². The van der Waals surface area contributed by atoms with Gasteiger partial charge in [-0.15, -0.1) is 0 Å². The number of amidine groups is 2. The number of likely N-dealkylation sites (tertiary alicyclic amines) is 1. The highest BCUT2D eigenvalue weighted by atomic mass is 19.1. The molecule has 0 saturated carbocycles. The van der Waals surface area contributed by atoms with Crippen molar-refractivity contribution in [3.8, 4) is 0 Å². The first kappa shape index (κ1) is 33.6. The van der Waals surface area contributed by atoms with Gasteiger partial charge in [-0.2, -0.15) is 0 Å². The van der Waals surface area contributed by atoms with E-state index in [0.29, 0.717) is 59.3 Å². The van der Waals surface area contributed by atoms with Gasteiger partial charge in [0.2, 0.25) is 0 Å². The third-order valence-electron chi connectivity index (χ3n) is 8.33. The van der Waals surface area contributed by atoms with Crippen LogP contribution in [0.2, 0.25) is 0 Å². The normalized spacial score (nSPS) is 20.1. The van der Waals surface area contributed by atoms with E-state index in [4.69, 9.17) is 15.6 Å². The van der Waals surface area contributed by atoms with Crippen molar-refractivity contribution >= 4 is 29.6 Å². The number of ether oxygens (including phenoxy) is 1. The van der Waals surface area contributed by atoms with Crippen molar-refractivity contribution in [1.29, 1.82) is 10.8 Å². The molecular formula is C35H40F2N6O4. The molecule has 4 heterocycles. The summed E-state index contributed by atoms with van der Waals surface area (Å²) >= 11 is 0. The molecule has 0 aromatic heterocycles. The minimum Gasteiger partial charge on any atom is -0.444 e. The van der Waals surface area contributed by atoms with Crippen LogP contribution in [0.15, 0.2) is 71.3 Å². The number of fused-ring (bicyclic) bond motifs is 2. The molecule has 0 radical (unpaired) electrons. The fourth-order valence-electron chi connectivity index (χ4n) is 5.90. The molecule has 0 bridgehead atoms. The maximum Gasteiger partial charge on any atom is 0.410 e. The fraction of sp³-hybridized carbons (Fsp3) is 0.400. The van der Waals surface area contributed by atoms with E-state index >= 15 is 0 Å². The summed E-state index contributed by atoms with van der Waals surface area (Å²) in [6, 6.07) is 13.7. The van der Waals surface area contributed by atoms with Gasteiger partial charge in [0.1, 0.15) is 28.9 Å². The fourth-order valence-corrected chi connectivity index (χ4v) is 5.90. The summed E-state index contributed by atoms with van der Waals surface area (Å²) in [5.41, 5.74) is 2.57. The molecule has 2 aromatic carbocycles. The van der Waals surface area contributed by atoms with E-state index in [-0.39, 0.29) is 48.9 Å². The predicted octanol–water partition coefficient (Wildman–Crippen LogP) is 5.80. The molecule has 2 saturated heterocycles. The third-order valence-corrected chi connectivity index (χ3v) is 8.33. The predicted molar refractivity (Wildman–Crippen MR) is 174 cm³/mol. The van der Waals surface area contributed by atoms with Crippen molar-refractivity contribution in [2.75, 3.05) is 39.3 Å². The summed E-state index contributed by atoms with van der Waals surface area (Å²) in [5, 5.41) is 19.3. The Morgan fingerprint density at radius 2 is 1.30 bits per heavy atom. The number of halogens is 2. The highest BCUT2D eigenvalue weighted by Crippen LogP contribution is 2.28. The second-order valence-electron chi connectivity index (χ2n) is 12.9. The molecule has 0 unspecified atom stereocenters. The van der Waals surface area contributed by atoms with Gasteiger partial charge in [-0.1, -0.05) is 36.4 Å². The molecular weight excluding hydrogens is 606 g/mol. The lowest BCUT2D eigenvalue weighted by Gasteiger charge is -2.31. The number of hydrogen-bond acceptors (Lipinski definition) is 7. The molecule has 4 aliphatic rings. The monoisotopic (exact) mass is 646 g/mol. The number of rotatable bonds is 4. The van der Waals surface area contributed by atoms with Crippen LogP contribution in [-0.2, 0) is 4.74 Å². The Hall–Kier alpha value is -4.71. The first-order valence-electron chi connectivity index (χ1n) is 15.8. The number of piperidine rings is 2. The van der Waals surface area contributed by atoms with Crippen molar-refractivity contribution in [2.45, 2.75) is 52.1 Å². The van der Waals surface area contributed by atoms with Crippen LogP contribution in [0.4, 0.5) is 13.6 Å². The van der Waals surface area contributed by atoms with Gasteiger partial charge in [-0.05, 0) is 76.3 Å². The van der Waals surface area contributed by atoms with Crippen molar-refractivity contribution in [3.63, 3.8) is 0 Å². The summed E-state index contributed by atoms with van der Waals surface area (Å²) in [7, 11) is 0. The average Bonchev–Trinajstić information content (AvgIpc) is 3.45. The van der Waals surface area contributed by atoms with Crippen LogP contribution < -0.4 is 5.32 Å². The molecule has 0 spiro atoms. The number of nitrogens with zero attached hydrogens (tertiary/aromatic N) is 3. The van der Waals surface area contributed by atoms with Gasteiger partial charge in [-0.3, -0.25) is 30.2 Å². The number of hydrogen-bond donors (Lipinski definition) is 3.